The fraction of sp³-hybridized carbons (Fsp3) is 0.458. The molecule has 0 saturated carbocycles. The normalized spacial score (nSPS) is 15.0. The van der Waals surface area contributed by atoms with Gasteiger partial charge >= 0.3 is 12.0 Å². The maximum Gasteiger partial charge on any atom is 0.325 e. The summed E-state index contributed by atoms with van der Waals surface area (Å²) in [6, 6.07) is 11.4. The standard InChI is InChI=1S/C24H32N4O5/c1-4-33-22(30)16-25-24(31)27(14-15-32-3)17-21(29)28-13-12-26-11-5-6-20(26)23(28)19-9-7-18(2)8-10-19/h5-11,23H,4,12-17H2,1-3H3,(H,25,31). The summed E-state index contributed by atoms with van der Waals surface area (Å²) in [4.78, 5) is 41.0. The van der Waals surface area contributed by atoms with Crippen molar-refractivity contribution in [2.75, 3.05) is 46.5 Å². The average Bonchev–Trinajstić information content (AvgIpc) is 3.29. The van der Waals surface area contributed by atoms with Gasteiger partial charge in [0.2, 0.25) is 5.91 Å². The second-order valence-corrected chi connectivity index (χ2v) is 7.90. The quantitative estimate of drug-likeness (QED) is 0.582. The first kappa shape index (κ1) is 24.3. The Hall–Kier alpha value is -3.33. The summed E-state index contributed by atoms with van der Waals surface area (Å²) in [5.41, 5.74) is 3.20. The van der Waals surface area contributed by atoms with Crippen molar-refractivity contribution in [1.29, 1.82) is 0 Å². The first-order chi connectivity index (χ1) is 15.9. The highest BCUT2D eigenvalue weighted by atomic mass is 16.5. The van der Waals surface area contributed by atoms with E-state index < -0.39 is 12.0 Å². The van der Waals surface area contributed by atoms with Crippen LogP contribution in [0.1, 0.15) is 29.8 Å². The Morgan fingerprint density at radius 2 is 1.91 bits per heavy atom. The van der Waals surface area contributed by atoms with Crippen molar-refractivity contribution >= 4 is 17.9 Å². The van der Waals surface area contributed by atoms with E-state index in [9.17, 15) is 14.4 Å². The Labute approximate surface area is 194 Å². The molecule has 1 aliphatic rings. The number of rotatable bonds is 9. The SMILES string of the molecule is CCOC(=O)CNC(=O)N(CCOC)CC(=O)N1CCn2cccc2C1c1ccc(C)cc1. The van der Waals surface area contributed by atoms with Gasteiger partial charge in [-0.3, -0.25) is 9.59 Å². The fourth-order valence-corrected chi connectivity index (χ4v) is 3.93. The maximum absolute atomic E-state index is 13.5. The number of esters is 1. The number of amides is 3. The number of carbonyl (C=O) groups is 3. The van der Waals surface area contributed by atoms with Crippen molar-refractivity contribution in [3.63, 3.8) is 0 Å². The van der Waals surface area contributed by atoms with Gasteiger partial charge in [-0.2, -0.15) is 0 Å². The molecule has 0 radical (unpaired) electrons. The summed E-state index contributed by atoms with van der Waals surface area (Å²) in [6.45, 7) is 5.28. The van der Waals surface area contributed by atoms with Crippen LogP contribution in [-0.2, 0) is 25.6 Å². The predicted molar refractivity (Wildman–Crippen MR) is 123 cm³/mol. The van der Waals surface area contributed by atoms with E-state index in [1.807, 2.05) is 54.4 Å². The van der Waals surface area contributed by atoms with Gasteiger partial charge in [-0.15, -0.1) is 0 Å². The number of benzene rings is 1. The predicted octanol–water partition coefficient (Wildman–Crippen LogP) is 1.95. The van der Waals surface area contributed by atoms with Crippen molar-refractivity contribution in [2.45, 2.75) is 26.4 Å². The summed E-state index contributed by atoms with van der Waals surface area (Å²) in [5.74, 6) is -0.699. The number of methoxy groups -OCH3 is 1. The minimum atomic E-state index is -0.528. The first-order valence-electron chi connectivity index (χ1n) is 11.1. The Bertz CT molecular complexity index is 956. The molecule has 0 spiro atoms. The van der Waals surface area contributed by atoms with Crippen LogP contribution in [0.15, 0.2) is 42.6 Å². The number of nitrogens with zero attached hydrogens (tertiary/aromatic N) is 3. The molecule has 9 heteroatoms. The lowest BCUT2D eigenvalue weighted by atomic mass is 9.98. The van der Waals surface area contributed by atoms with E-state index in [0.717, 1.165) is 16.8 Å². The van der Waals surface area contributed by atoms with E-state index in [1.165, 1.54) is 12.0 Å². The zero-order valence-electron chi connectivity index (χ0n) is 19.5. The Morgan fingerprint density at radius 3 is 2.61 bits per heavy atom. The van der Waals surface area contributed by atoms with Gasteiger partial charge in [0, 0.05) is 38.6 Å². The lowest BCUT2D eigenvalue weighted by molar-refractivity contribution is -0.141. The van der Waals surface area contributed by atoms with Crippen LogP contribution in [0.25, 0.3) is 0 Å². The molecular formula is C24H32N4O5. The molecule has 33 heavy (non-hydrogen) atoms. The molecule has 2 aromatic rings. The smallest absolute Gasteiger partial charge is 0.325 e. The van der Waals surface area contributed by atoms with Crippen molar-refractivity contribution < 1.29 is 23.9 Å². The van der Waals surface area contributed by atoms with Gasteiger partial charge in [0.1, 0.15) is 13.1 Å². The van der Waals surface area contributed by atoms with Gasteiger partial charge < -0.3 is 29.2 Å². The van der Waals surface area contributed by atoms with E-state index in [2.05, 4.69) is 9.88 Å². The number of aromatic nitrogens is 1. The van der Waals surface area contributed by atoms with Gasteiger partial charge in [0.15, 0.2) is 0 Å². The summed E-state index contributed by atoms with van der Waals surface area (Å²) in [6.07, 6.45) is 2.02. The molecule has 1 atom stereocenters. The second-order valence-electron chi connectivity index (χ2n) is 7.90. The largest absolute Gasteiger partial charge is 0.465 e. The van der Waals surface area contributed by atoms with Crippen molar-refractivity contribution in [2.24, 2.45) is 0 Å². The third-order valence-electron chi connectivity index (χ3n) is 5.62. The lowest BCUT2D eigenvalue weighted by Gasteiger charge is -2.38. The van der Waals surface area contributed by atoms with Crippen molar-refractivity contribution in [3.8, 4) is 0 Å². The van der Waals surface area contributed by atoms with Crippen LogP contribution >= 0.6 is 0 Å². The third kappa shape index (κ3) is 6.13. The molecule has 1 unspecified atom stereocenters. The molecular weight excluding hydrogens is 424 g/mol. The fourth-order valence-electron chi connectivity index (χ4n) is 3.93. The van der Waals surface area contributed by atoms with Crippen LogP contribution in [0.3, 0.4) is 0 Å². The van der Waals surface area contributed by atoms with E-state index in [-0.39, 0.29) is 44.8 Å². The molecule has 9 nitrogen and oxygen atoms in total. The summed E-state index contributed by atoms with van der Waals surface area (Å²) in [7, 11) is 1.53. The molecule has 1 aromatic carbocycles. The first-order valence-corrected chi connectivity index (χ1v) is 11.1. The number of urea groups is 1. The second kappa shape index (κ2) is 11.5. The molecule has 1 N–H and O–H groups in total. The highest BCUT2D eigenvalue weighted by Crippen LogP contribution is 2.32. The van der Waals surface area contributed by atoms with Crippen molar-refractivity contribution in [3.05, 3.63) is 59.4 Å². The molecule has 0 aliphatic carbocycles. The Balaban J connectivity index is 1.77. The third-order valence-corrected chi connectivity index (χ3v) is 5.62. The molecule has 0 bridgehead atoms. The monoisotopic (exact) mass is 456 g/mol. The molecule has 1 aromatic heterocycles. The van der Waals surface area contributed by atoms with Crippen LogP contribution < -0.4 is 5.32 Å². The number of carbonyl (C=O) groups excluding carboxylic acids is 3. The summed E-state index contributed by atoms with van der Waals surface area (Å²) < 4.78 is 12.1. The number of aryl methyl sites for hydroxylation is 1. The highest BCUT2D eigenvalue weighted by molar-refractivity contribution is 5.86. The molecule has 2 heterocycles. The van der Waals surface area contributed by atoms with Crippen LogP contribution in [0.4, 0.5) is 4.79 Å². The Kier molecular flexibility index (Phi) is 8.48. The molecule has 3 rings (SSSR count). The molecule has 178 valence electrons. The molecule has 0 saturated heterocycles. The topological polar surface area (TPSA) is 93.1 Å². The number of hydrogen-bond acceptors (Lipinski definition) is 5. The lowest BCUT2D eigenvalue weighted by Crippen LogP contribution is -2.51. The van der Waals surface area contributed by atoms with Gasteiger partial charge in [-0.05, 0) is 31.5 Å². The number of ether oxygens (including phenoxy) is 2. The van der Waals surface area contributed by atoms with Crippen LogP contribution in [0, 0.1) is 6.92 Å². The van der Waals surface area contributed by atoms with E-state index >= 15 is 0 Å². The zero-order valence-corrected chi connectivity index (χ0v) is 19.5. The van der Waals surface area contributed by atoms with E-state index in [4.69, 9.17) is 9.47 Å². The Morgan fingerprint density at radius 1 is 1.15 bits per heavy atom. The summed E-state index contributed by atoms with van der Waals surface area (Å²) in [5, 5.41) is 2.53. The van der Waals surface area contributed by atoms with Gasteiger partial charge in [0.05, 0.1) is 19.3 Å². The molecule has 0 fully saturated rings. The number of fused-ring (bicyclic) bond motifs is 1. The van der Waals surface area contributed by atoms with Gasteiger partial charge in [0.25, 0.3) is 0 Å². The maximum atomic E-state index is 13.5. The minimum Gasteiger partial charge on any atom is -0.465 e. The van der Waals surface area contributed by atoms with Crippen molar-refractivity contribution in [1.82, 2.24) is 19.7 Å². The summed E-state index contributed by atoms with van der Waals surface area (Å²) >= 11 is 0. The number of hydrogen-bond donors (Lipinski definition) is 1. The van der Waals surface area contributed by atoms with Crippen LogP contribution in [0.5, 0.6) is 0 Å². The van der Waals surface area contributed by atoms with Crippen LogP contribution in [-0.4, -0.2) is 78.8 Å². The van der Waals surface area contributed by atoms with Gasteiger partial charge in [-0.25, -0.2) is 4.79 Å². The number of nitrogens with one attached hydrogen (secondary N) is 1. The van der Waals surface area contributed by atoms with Gasteiger partial charge in [-0.1, -0.05) is 29.8 Å². The average molecular weight is 457 g/mol. The zero-order chi connectivity index (χ0) is 23.8. The molecule has 1 aliphatic heterocycles. The highest BCUT2D eigenvalue weighted by Gasteiger charge is 2.33. The van der Waals surface area contributed by atoms with Crippen LogP contribution in [0.2, 0.25) is 0 Å². The van der Waals surface area contributed by atoms with E-state index in [0.29, 0.717) is 13.1 Å². The molecule has 3 amide bonds. The minimum absolute atomic E-state index is 0.124. The van der Waals surface area contributed by atoms with E-state index in [1.54, 1.807) is 6.92 Å².